The van der Waals surface area contributed by atoms with Gasteiger partial charge in [-0.05, 0) is 26.7 Å². The highest BCUT2D eigenvalue weighted by Gasteiger charge is 2.35. The number of hydrogen-bond acceptors (Lipinski definition) is 7. The molecule has 1 fully saturated rings. The molecule has 9 heteroatoms. The fraction of sp³-hybridized carbons (Fsp3) is 0.588. The minimum atomic E-state index is -0.149. The molecule has 2 N–H and O–H groups in total. The van der Waals surface area contributed by atoms with Crippen LogP contribution in [0.3, 0.4) is 0 Å². The maximum Gasteiger partial charge on any atom is 0.254 e. The van der Waals surface area contributed by atoms with Crippen LogP contribution in [0.2, 0.25) is 0 Å². The lowest BCUT2D eigenvalue weighted by molar-refractivity contribution is 0.0905. The number of aryl methyl sites for hydroxylation is 1. The predicted molar refractivity (Wildman–Crippen MR) is 95.9 cm³/mol. The van der Waals surface area contributed by atoms with Gasteiger partial charge >= 0.3 is 0 Å². The minimum absolute atomic E-state index is 0.0972. The molecule has 1 saturated carbocycles. The zero-order valence-corrected chi connectivity index (χ0v) is 15.6. The van der Waals surface area contributed by atoms with Crippen LogP contribution in [0.15, 0.2) is 6.20 Å². The summed E-state index contributed by atoms with van der Waals surface area (Å²) in [6, 6.07) is 0.0972. The lowest BCUT2D eigenvalue weighted by Gasteiger charge is -2.35. The molecule has 2 heterocycles. The highest BCUT2D eigenvalue weighted by atomic mass is 16.3. The van der Waals surface area contributed by atoms with Crippen LogP contribution in [0.25, 0.3) is 0 Å². The maximum atomic E-state index is 12.5. The Morgan fingerprint density at radius 2 is 2.12 bits per heavy atom. The SMILES string of the molecule is CCn1c(CO)nnc1C1CC(NC(=O)c2cnc(N(C)C)nc2C)C1. The van der Waals surface area contributed by atoms with Crippen molar-refractivity contribution in [2.24, 2.45) is 0 Å². The van der Waals surface area contributed by atoms with Crippen LogP contribution in [0.1, 0.15) is 53.4 Å². The van der Waals surface area contributed by atoms with Crippen LogP contribution in [-0.2, 0) is 13.2 Å². The van der Waals surface area contributed by atoms with E-state index in [1.54, 1.807) is 11.1 Å². The number of aromatic nitrogens is 5. The Morgan fingerprint density at radius 3 is 2.69 bits per heavy atom. The summed E-state index contributed by atoms with van der Waals surface area (Å²) >= 11 is 0. The van der Waals surface area contributed by atoms with E-state index >= 15 is 0 Å². The average Bonchev–Trinajstić information content (AvgIpc) is 2.99. The first kappa shape index (κ1) is 18.2. The van der Waals surface area contributed by atoms with Crippen LogP contribution in [0, 0.1) is 6.92 Å². The van der Waals surface area contributed by atoms with Gasteiger partial charge in [-0.15, -0.1) is 10.2 Å². The van der Waals surface area contributed by atoms with Gasteiger partial charge in [-0.1, -0.05) is 0 Å². The molecule has 0 aliphatic heterocycles. The van der Waals surface area contributed by atoms with Gasteiger partial charge in [0.2, 0.25) is 5.95 Å². The number of nitrogens with one attached hydrogen (secondary N) is 1. The molecule has 0 unspecified atom stereocenters. The molecule has 2 aromatic heterocycles. The quantitative estimate of drug-likeness (QED) is 0.778. The summed E-state index contributed by atoms with van der Waals surface area (Å²) < 4.78 is 1.95. The molecular formula is C17H25N7O2. The molecule has 0 radical (unpaired) electrons. The maximum absolute atomic E-state index is 12.5. The number of aliphatic hydroxyl groups excluding tert-OH is 1. The molecular weight excluding hydrogens is 334 g/mol. The van der Waals surface area contributed by atoms with E-state index in [2.05, 4.69) is 25.5 Å². The lowest BCUT2D eigenvalue weighted by atomic mass is 9.79. The zero-order valence-electron chi connectivity index (χ0n) is 15.6. The molecule has 1 amide bonds. The van der Waals surface area contributed by atoms with Gasteiger partial charge in [-0.2, -0.15) is 0 Å². The van der Waals surface area contributed by atoms with Gasteiger partial charge < -0.3 is 19.9 Å². The van der Waals surface area contributed by atoms with E-state index in [9.17, 15) is 9.90 Å². The van der Waals surface area contributed by atoms with Crippen molar-refractivity contribution in [1.29, 1.82) is 0 Å². The van der Waals surface area contributed by atoms with Crippen LogP contribution in [0.5, 0.6) is 0 Å². The summed E-state index contributed by atoms with van der Waals surface area (Å²) in [7, 11) is 3.72. The number of hydrogen-bond donors (Lipinski definition) is 2. The third-order valence-electron chi connectivity index (χ3n) is 4.76. The first-order valence-electron chi connectivity index (χ1n) is 8.79. The molecule has 2 aromatic rings. The van der Waals surface area contributed by atoms with Crippen molar-refractivity contribution in [3.05, 3.63) is 29.1 Å². The second-order valence-corrected chi connectivity index (χ2v) is 6.78. The Bertz CT molecular complexity index is 796. The Labute approximate surface area is 152 Å². The normalized spacial score (nSPS) is 19.1. The van der Waals surface area contributed by atoms with Crippen molar-refractivity contribution in [2.45, 2.75) is 51.8 Å². The van der Waals surface area contributed by atoms with Crippen molar-refractivity contribution < 1.29 is 9.90 Å². The van der Waals surface area contributed by atoms with Crippen LogP contribution in [0.4, 0.5) is 5.95 Å². The average molecular weight is 359 g/mol. The molecule has 0 saturated heterocycles. The van der Waals surface area contributed by atoms with Crippen molar-refractivity contribution in [2.75, 3.05) is 19.0 Å². The van der Waals surface area contributed by atoms with Crippen molar-refractivity contribution >= 4 is 11.9 Å². The summed E-state index contributed by atoms with van der Waals surface area (Å²) in [5, 5.41) is 20.6. The Morgan fingerprint density at radius 1 is 1.38 bits per heavy atom. The third-order valence-corrected chi connectivity index (χ3v) is 4.76. The molecule has 0 aromatic carbocycles. The number of carbonyl (C=O) groups is 1. The largest absolute Gasteiger partial charge is 0.388 e. The Balaban J connectivity index is 1.61. The molecule has 0 atom stereocenters. The van der Waals surface area contributed by atoms with E-state index in [1.165, 1.54) is 0 Å². The summed E-state index contributed by atoms with van der Waals surface area (Å²) in [4.78, 5) is 22.9. The van der Waals surface area contributed by atoms with E-state index < -0.39 is 0 Å². The first-order valence-corrected chi connectivity index (χ1v) is 8.79. The lowest BCUT2D eigenvalue weighted by Crippen LogP contribution is -2.44. The van der Waals surface area contributed by atoms with E-state index in [0.717, 1.165) is 25.2 Å². The monoisotopic (exact) mass is 359 g/mol. The Kier molecular flexibility index (Phi) is 5.17. The number of anilines is 1. The van der Waals surface area contributed by atoms with E-state index in [0.29, 0.717) is 23.0 Å². The molecule has 3 rings (SSSR count). The number of amides is 1. The van der Waals surface area contributed by atoms with Crippen LogP contribution < -0.4 is 10.2 Å². The van der Waals surface area contributed by atoms with Gasteiger partial charge in [0, 0.05) is 38.8 Å². The van der Waals surface area contributed by atoms with Crippen LogP contribution in [-0.4, -0.2) is 55.9 Å². The Hall–Kier alpha value is -2.55. The molecule has 0 spiro atoms. The number of aliphatic hydroxyl groups is 1. The smallest absolute Gasteiger partial charge is 0.254 e. The zero-order chi connectivity index (χ0) is 18.8. The van der Waals surface area contributed by atoms with Gasteiger partial charge in [-0.3, -0.25) is 4.79 Å². The topological polar surface area (TPSA) is 109 Å². The van der Waals surface area contributed by atoms with Gasteiger partial charge in [0.15, 0.2) is 5.82 Å². The summed E-state index contributed by atoms with van der Waals surface area (Å²) in [5.74, 6) is 2.16. The molecule has 9 nitrogen and oxygen atoms in total. The summed E-state index contributed by atoms with van der Waals surface area (Å²) in [6.07, 6.45) is 3.19. The number of rotatable bonds is 6. The van der Waals surface area contributed by atoms with Crippen molar-refractivity contribution in [1.82, 2.24) is 30.0 Å². The van der Waals surface area contributed by atoms with Gasteiger partial charge in [0.1, 0.15) is 12.4 Å². The first-order chi connectivity index (χ1) is 12.4. The second kappa shape index (κ2) is 7.36. The molecule has 140 valence electrons. The predicted octanol–water partition coefficient (Wildman–Crippen LogP) is 0.631. The highest BCUT2D eigenvalue weighted by molar-refractivity contribution is 5.95. The van der Waals surface area contributed by atoms with Crippen LogP contribution >= 0.6 is 0 Å². The third kappa shape index (κ3) is 3.39. The summed E-state index contributed by atoms with van der Waals surface area (Å²) in [6.45, 7) is 4.42. The molecule has 26 heavy (non-hydrogen) atoms. The minimum Gasteiger partial charge on any atom is -0.388 e. The standard InChI is InChI=1S/C17H25N7O2/c1-5-24-14(9-25)21-22-15(24)11-6-12(7-11)20-16(26)13-8-18-17(23(3)4)19-10(13)2/h8,11-12,25H,5-7,9H2,1-4H3,(H,20,26). The number of nitrogens with zero attached hydrogens (tertiary/aromatic N) is 6. The van der Waals surface area contributed by atoms with Crippen molar-refractivity contribution in [3.63, 3.8) is 0 Å². The molecule has 1 aliphatic carbocycles. The second-order valence-electron chi connectivity index (χ2n) is 6.78. The van der Waals surface area contributed by atoms with Gasteiger partial charge in [0.25, 0.3) is 5.91 Å². The van der Waals surface area contributed by atoms with Crippen molar-refractivity contribution in [3.8, 4) is 0 Å². The summed E-state index contributed by atoms with van der Waals surface area (Å²) in [5.41, 5.74) is 1.16. The highest BCUT2D eigenvalue weighted by Crippen LogP contribution is 2.36. The van der Waals surface area contributed by atoms with E-state index in [-0.39, 0.29) is 24.5 Å². The van der Waals surface area contributed by atoms with Gasteiger partial charge in [0.05, 0.1) is 11.3 Å². The van der Waals surface area contributed by atoms with E-state index in [4.69, 9.17) is 0 Å². The van der Waals surface area contributed by atoms with Gasteiger partial charge in [-0.25, -0.2) is 9.97 Å². The van der Waals surface area contributed by atoms with E-state index in [1.807, 2.05) is 32.5 Å². The molecule has 1 aliphatic rings. The fourth-order valence-corrected chi connectivity index (χ4v) is 3.22. The fourth-order valence-electron chi connectivity index (χ4n) is 3.22. The molecule has 0 bridgehead atoms. The number of carbonyl (C=O) groups excluding carboxylic acids is 1.